The number of amides is 1. The van der Waals surface area contributed by atoms with Gasteiger partial charge in [-0.2, -0.15) is 5.10 Å². The van der Waals surface area contributed by atoms with E-state index in [1.807, 2.05) is 73.6 Å². The molecule has 4 aromatic heterocycles. The second-order valence-electron chi connectivity index (χ2n) is 9.73. The first kappa shape index (κ1) is 26.0. The normalized spacial score (nSPS) is 11.3. The second-order valence-corrected chi connectivity index (χ2v) is 9.73. The molecule has 0 fully saturated rings. The zero-order valence-corrected chi connectivity index (χ0v) is 22.9. The maximum absolute atomic E-state index is 12.7. The van der Waals surface area contributed by atoms with Gasteiger partial charge in [-0.15, -0.1) is 5.10 Å². The van der Waals surface area contributed by atoms with E-state index in [9.17, 15) is 4.79 Å². The number of nitrogens with zero attached hydrogens (tertiary/aromatic N) is 7. The van der Waals surface area contributed by atoms with E-state index in [-0.39, 0.29) is 5.91 Å². The molecule has 206 valence electrons. The van der Waals surface area contributed by atoms with E-state index >= 15 is 0 Å². The number of aromatic nitrogens is 6. The van der Waals surface area contributed by atoms with Crippen LogP contribution in [-0.2, 0) is 0 Å². The maximum Gasteiger partial charge on any atom is 0.255 e. The minimum atomic E-state index is -0.199. The molecule has 0 unspecified atom stereocenters. The third kappa shape index (κ3) is 5.18. The Balaban J connectivity index is 1.42. The molecule has 0 bridgehead atoms. The van der Waals surface area contributed by atoms with Gasteiger partial charge < -0.3 is 20.3 Å². The fourth-order valence-corrected chi connectivity index (χ4v) is 4.60. The molecule has 0 atom stereocenters. The van der Waals surface area contributed by atoms with Gasteiger partial charge in [0, 0.05) is 49.0 Å². The van der Waals surface area contributed by atoms with Crippen LogP contribution in [0.4, 0.5) is 11.5 Å². The molecule has 11 nitrogen and oxygen atoms in total. The third-order valence-electron chi connectivity index (χ3n) is 6.67. The van der Waals surface area contributed by atoms with Crippen LogP contribution in [0.15, 0.2) is 85.5 Å². The fourth-order valence-electron chi connectivity index (χ4n) is 4.60. The molecule has 0 saturated heterocycles. The monoisotopic (exact) mass is 547 g/mol. The SMILES string of the molecule is COc1cc(NC(=O)c2ccccc2)ccc1-n1nc(NCCN(C)C)c2cnc(-c3cnn4cccnc34)cc21. The summed E-state index contributed by atoms with van der Waals surface area (Å²) in [7, 11) is 5.65. The first-order valence-electron chi connectivity index (χ1n) is 13.1. The van der Waals surface area contributed by atoms with Crippen molar-refractivity contribution in [1.82, 2.24) is 34.3 Å². The molecule has 0 aliphatic heterocycles. The van der Waals surface area contributed by atoms with Gasteiger partial charge in [0.2, 0.25) is 0 Å². The molecule has 0 aliphatic carbocycles. The number of methoxy groups -OCH3 is 1. The summed E-state index contributed by atoms with van der Waals surface area (Å²) in [5, 5.41) is 16.6. The van der Waals surface area contributed by atoms with Crippen LogP contribution in [0.1, 0.15) is 10.4 Å². The Labute approximate surface area is 236 Å². The van der Waals surface area contributed by atoms with Crippen LogP contribution in [0, 0.1) is 0 Å². The molecular weight excluding hydrogens is 518 g/mol. The molecule has 2 N–H and O–H groups in total. The predicted octanol–water partition coefficient (Wildman–Crippen LogP) is 4.36. The maximum atomic E-state index is 12.7. The zero-order valence-electron chi connectivity index (χ0n) is 22.9. The highest BCUT2D eigenvalue weighted by molar-refractivity contribution is 6.04. The Morgan fingerprint density at radius 1 is 1.02 bits per heavy atom. The third-order valence-corrected chi connectivity index (χ3v) is 6.67. The molecule has 11 heteroatoms. The molecule has 1 amide bonds. The van der Waals surface area contributed by atoms with Crippen molar-refractivity contribution < 1.29 is 9.53 Å². The minimum Gasteiger partial charge on any atom is -0.494 e. The Morgan fingerprint density at radius 3 is 2.68 bits per heavy atom. The van der Waals surface area contributed by atoms with E-state index in [0.717, 1.165) is 28.7 Å². The van der Waals surface area contributed by atoms with Gasteiger partial charge >= 0.3 is 0 Å². The lowest BCUT2D eigenvalue weighted by Gasteiger charge is -2.13. The predicted molar refractivity (Wildman–Crippen MR) is 159 cm³/mol. The first-order chi connectivity index (χ1) is 20.0. The van der Waals surface area contributed by atoms with Crippen LogP contribution >= 0.6 is 0 Å². The Morgan fingerprint density at radius 2 is 1.88 bits per heavy atom. The molecule has 4 heterocycles. The molecule has 41 heavy (non-hydrogen) atoms. The van der Waals surface area contributed by atoms with Crippen molar-refractivity contribution in [3.05, 3.63) is 91.0 Å². The standard InChI is InChI=1S/C30H29N9O2/c1-37(2)15-13-31-28-23-18-33-24(22-19-34-38-14-7-12-32-29(22)38)17-26(23)39(36-28)25-11-10-21(16-27(25)41-3)35-30(40)20-8-5-4-6-9-20/h4-12,14,16-19H,13,15H2,1-3H3,(H,31,36)(H,35,40). The number of carbonyl (C=O) groups is 1. The summed E-state index contributed by atoms with van der Waals surface area (Å²) in [5.41, 5.74) is 4.98. The summed E-state index contributed by atoms with van der Waals surface area (Å²) in [4.78, 5) is 24.1. The number of hydrogen-bond acceptors (Lipinski definition) is 8. The van der Waals surface area contributed by atoms with Gasteiger partial charge in [-0.1, -0.05) is 18.2 Å². The summed E-state index contributed by atoms with van der Waals surface area (Å²) in [6, 6.07) is 18.4. The molecule has 6 rings (SSSR count). The van der Waals surface area contributed by atoms with Gasteiger partial charge in [-0.05, 0) is 50.5 Å². The fraction of sp³-hybridized carbons (Fsp3) is 0.167. The highest BCUT2D eigenvalue weighted by atomic mass is 16.5. The number of nitrogens with one attached hydrogen (secondary N) is 2. The highest BCUT2D eigenvalue weighted by Crippen LogP contribution is 2.34. The van der Waals surface area contributed by atoms with E-state index in [1.54, 1.807) is 42.2 Å². The number of fused-ring (bicyclic) bond motifs is 2. The number of likely N-dealkylation sites (N-methyl/N-ethyl adjacent to an activating group) is 1. The summed E-state index contributed by atoms with van der Waals surface area (Å²) in [6.45, 7) is 1.55. The van der Waals surface area contributed by atoms with Crippen LogP contribution in [0.5, 0.6) is 5.75 Å². The Kier molecular flexibility index (Phi) is 7.00. The summed E-state index contributed by atoms with van der Waals surface area (Å²) in [6.07, 6.45) is 7.17. The topological polar surface area (TPSA) is 114 Å². The van der Waals surface area contributed by atoms with Crippen molar-refractivity contribution in [2.45, 2.75) is 0 Å². The summed E-state index contributed by atoms with van der Waals surface area (Å²) < 4.78 is 9.33. The van der Waals surface area contributed by atoms with Gasteiger partial charge in [-0.25, -0.2) is 14.2 Å². The Bertz CT molecular complexity index is 1840. The van der Waals surface area contributed by atoms with Crippen molar-refractivity contribution in [2.24, 2.45) is 0 Å². The lowest BCUT2D eigenvalue weighted by atomic mass is 10.1. The van der Waals surface area contributed by atoms with E-state index in [2.05, 4.69) is 25.6 Å². The lowest BCUT2D eigenvalue weighted by molar-refractivity contribution is 0.102. The zero-order chi connectivity index (χ0) is 28.3. The van der Waals surface area contributed by atoms with Crippen molar-refractivity contribution in [3.8, 4) is 22.7 Å². The number of carbonyl (C=O) groups excluding carboxylic acids is 1. The van der Waals surface area contributed by atoms with Gasteiger partial charge in [0.05, 0.1) is 35.5 Å². The van der Waals surface area contributed by atoms with Crippen molar-refractivity contribution >= 4 is 34.0 Å². The summed E-state index contributed by atoms with van der Waals surface area (Å²) in [5.74, 6) is 1.06. The van der Waals surface area contributed by atoms with E-state index in [0.29, 0.717) is 40.7 Å². The van der Waals surface area contributed by atoms with Crippen LogP contribution in [0.25, 0.3) is 33.5 Å². The molecule has 2 aromatic carbocycles. The smallest absolute Gasteiger partial charge is 0.255 e. The van der Waals surface area contributed by atoms with Crippen LogP contribution in [0.3, 0.4) is 0 Å². The van der Waals surface area contributed by atoms with Gasteiger partial charge in [0.25, 0.3) is 5.91 Å². The second kappa shape index (κ2) is 11.1. The quantitative estimate of drug-likeness (QED) is 0.274. The molecule has 6 aromatic rings. The minimum absolute atomic E-state index is 0.199. The van der Waals surface area contributed by atoms with Crippen molar-refractivity contribution in [2.75, 3.05) is 44.9 Å². The molecular formula is C30H29N9O2. The number of benzene rings is 2. The van der Waals surface area contributed by atoms with Crippen LogP contribution < -0.4 is 15.4 Å². The van der Waals surface area contributed by atoms with E-state index in [4.69, 9.17) is 14.8 Å². The average Bonchev–Trinajstić information content (AvgIpc) is 3.59. The van der Waals surface area contributed by atoms with Crippen molar-refractivity contribution in [3.63, 3.8) is 0 Å². The Hall–Kier alpha value is -5.29. The first-order valence-corrected chi connectivity index (χ1v) is 13.1. The molecule has 0 spiro atoms. The van der Waals surface area contributed by atoms with E-state index in [1.165, 1.54) is 0 Å². The summed E-state index contributed by atoms with van der Waals surface area (Å²) >= 11 is 0. The molecule has 0 radical (unpaired) electrons. The van der Waals surface area contributed by atoms with E-state index < -0.39 is 0 Å². The average molecular weight is 548 g/mol. The number of ether oxygens (including phenoxy) is 1. The number of hydrogen-bond donors (Lipinski definition) is 2. The number of rotatable bonds is 9. The van der Waals surface area contributed by atoms with Gasteiger partial charge in [0.15, 0.2) is 11.5 Å². The van der Waals surface area contributed by atoms with Crippen molar-refractivity contribution in [1.29, 1.82) is 0 Å². The van der Waals surface area contributed by atoms with Crippen LogP contribution in [-0.4, -0.2) is 74.5 Å². The highest BCUT2D eigenvalue weighted by Gasteiger charge is 2.19. The van der Waals surface area contributed by atoms with Gasteiger partial charge in [0.1, 0.15) is 11.4 Å². The number of pyridine rings is 1. The molecule has 0 aliphatic rings. The number of anilines is 2. The lowest BCUT2D eigenvalue weighted by Crippen LogP contribution is -2.21. The van der Waals surface area contributed by atoms with Crippen LogP contribution in [0.2, 0.25) is 0 Å². The molecule has 0 saturated carbocycles. The van der Waals surface area contributed by atoms with Gasteiger partial charge in [-0.3, -0.25) is 9.78 Å². The largest absolute Gasteiger partial charge is 0.494 e.